The van der Waals surface area contributed by atoms with Gasteiger partial charge in [0.1, 0.15) is 35.0 Å². The molecule has 2 aromatic carbocycles. The van der Waals surface area contributed by atoms with E-state index in [-0.39, 0.29) is 11.6 Å². The van der Waals surface area contributed by atoms with Crippen LogP contribution in [0.3, 0.4) is 0 Å². The van der Waals surface area contributed by atoms with Crippen molar-refractivity contribution in [1.82, 2.24) is 0 Å². The summed E-state index contributed by atoms with van der Waals surface area (Å²) in [5, 5.41) is 0. The maximum absolute atomic E-state index is 13.5. The lowest BCUT2D eigenvalue weighted by atomic mass is 10.2. The Morgan fingerprint density at radius 2 is 1.15 bits per heavy atom. The van der Waals surface area contributed by atoms with Gasteiger partial charge in [-0.1, -0.05) is 13.8 Å². The SMILES string of the molecule is CCS(CC)(COc1c(C)cc(F)cc1I)COc1c(C)cc(F)cc1I. The molecule has 150 valence electrons. The van der Waals surface area contributed by atoms with Crippen molar-refractivity contribution < 1.29 is 18.3 Å². The first-order valence-corrected chi connectivity index (χ1v) is 13.1. The van der Waals surface area contributed by atoms with Crippen LogP contribution in [0, 0.1) is 32.6 Å². The van der Waals surface area contributed by atoms with E-state index in [4.69, 9.17) is 9.47 Å². The van der Waals surface area contributed by atoms with E-state index in [1.54, 1.807) is 0 Å². The third-order valence-electron chi connectivity index (χ3n) is 4.52. The first-order valence-electron chi connectivity index (χ1n) is 8.62. The van der Waals surface area contributed by atoms with Gasteiger partial charge in [-0.3, -0.25) is 0 Å². The topological polar surface area (TPSA) is 18.5 Å². The number of hydrogen-bond donors (Lipinski definition) is 0. The summed E-state index contributed by atoms with van der Waals surface area (Å²) in [6.07, 6.45) is 0. The molecule has 0 unspecified atom stereocenters. The normalized spacial score (nSPS) is 12.1. The third-order valence-corrected chi connectivity index (χ3v) is 9.81. The number of ether oxygens (including phenoxy) is 2. The quantitative estimate of drug-likeness (QED) is 0.296. The van der Waals surface area contributed by atoms with Gasteiger partial charge in [-0.2, -0.15) is 10.0 Å². The average Bonchev–Trinajstić information content (AvgIpc) is 2.58. The van der Waals surface area contributed by atoms with Crippen molar-refractivity contribution >= 4 is 55.2 Å². The number of hydrogen-bond acceptors (Lipinski definition) is 2. The molecule has 0 radical (unpaired) electrons. The van der Waals surface area contributed by atoms with E-state index in [0.29, 0.717) is 11.9 Å². The maximum Gasteiger partial charge on any atom is 0.136 e. The largest absolute Gasteiger partial charge is 0.483 e. The zero-order chi connectivity index (χ0) is 20.2. The van der Waals surface area contributed by atoms with Gasteiger partial charge in [0, 0.05) is 0 Å². The lowest BCUT2D eigenvalue weighted by Crippen LogP contribution is -2.22. The van der Waals surface area contributed by atoms with Crippen LogP contribution in [-0.2, 0) is 0 Å². The molecule has 0 heterocycles. The summed E-state index contributed by atoms with van der Waals surface area (Å²) in [6.45, 7) is 8.01. The lowest BCUT2D eigenvalue weighted by molar-refractivity contribution is 0.359. The summed E-state index contributed by atoms with van der Waals surface area (Å²) >= 11 is 4.21. The van der Waals surface area contributed by atoms with Crippen molar-refractivity contribution in [3.8, 4) is 11.5 Å². The highest BCUT2D eigenvalue weighted by molar-refractivity contribution is 14.1. The second kappa shape index (κ2) is 9.96. The number of benzene rings is 2. The Labute approximate surface area is 189 Å². The molecule has 0 aliphatic carbocycles. The monoisotopic (exact) mass is 620 g/mol. The van der Waals surface area contributed by atoms with Crippen LogP contribution in [0.4, 0.5) is 8.78 Å². The molecule has 0 aliphatic heterocycles. The van der Waals surface area contributed by atoms with Gasteiger partial charge in [0.25, 0.3) is 0 Å². The summed E-state index contributed by atoms with van der Waals surface area (Å²) in [5.41, 5.74) is 1.59. The Morgan fingerprint density at radius 1 is 0.778 bits per heavy atom. The predicted octanol–water partition coefficient (Wildman–Crippen LogP) is 7.01. The fraction of sp³-hybridized carbons (Fsp3) is 0.400. The highest BCUT2D eigenvalue weighted by atomic mass is 127. The molecule has 0 saturated heterocycles. The molecule has 0 saturated carbocycles. The van der Waals surface area contributed by atoms with E-state index < -0.39 is 10.0 Å². The average molecular weight is 620 g/mol. The van der Waals surface area contributed by atoms with Crippen molar-refractivity contribution in [2.45, 2.75) is 27.7 Å². The molecule has 0 bridgehead atoms. The van der Waals surface area contributed by atoms with Gasteiger partial charge in [-0.25, -0.2) is 8.78 Å². The van der Waals surface area contributed by atoms with Crippen LogP contribution in [0.1, 0.15) is 25.0 Å². The van der Waals surface area contributed by atoms with Gasteiger partial charge in [-0.05, 0) is 106 Å². The standard InChI is InChI=1S/C20H24F2I2O2S/c1-5-27(6-2,11-25-19-13(3)7-15(21)9-17(19)23)12-26-20-14(4)8-16(22)10-18(20)24/h7-10H,5-6,11-12H2,1-4H3. The Bertz CT molecular complexity index is 701. The highest BCUT2D eigenvalue weighted by Crippen LogP contribution is 2.48. The Morgan fingerprint density at radius 3 is 1.44 bits per heavy atom. The van der Waals surface area contributed by atoms with E-state index in [1.165, 1.54) is 24.3 Å². The molecule has 0 amide bonds. The summed E-state index contributed by atoms with van der Waals surface area (Å²) in [5.74, 6) is 4.00. The van der Waals surface area contributed by atoms with Gasteiger partial charge < -0.3 is 9.47 Å². The van der Waals surface area contributed by atoms with E-state index in [9.17, 15) is 8.78 Å². The Balaban J connectivity index is 2.16. The third kappa shape index (κ3) is 5.85. The zero-order valence-electron chi connectivity index (χ0n) is 15.9. The van der Waals surface area contributed by atoms with Gasteiger partial charge in [0.05, 0.1) is 7.14 Å². The van der Waals surface area contributed by atoms with E-state index >= 15 is 0 Å². The van der Waals surface area contributed by atoms with Crippen LogP contribution in [0.2, 0.25) is 0 Å². The van der Waals surface area contributed by atoms with Gasteiger partial charge >= 0.3 is 0 Å². The summed E-state index contributed by atoms with van der Waals surface area (Å²) in [7, 11) is -1.19. The molecule has 2 aromatic rings. The molecule has 0 N–H and O–H groups in total. The van der Waals surface area contributed by atoms with Crippen molar-refractivity contribution in [2.75, 3.05) is 23.4 Å². The molecule has 0 aliphatic rings. The van der Waals surface area contributed by atoms with Gasteiger partial charge in [0.15, 0.2) is 0 Å². The molecule has 27 heavy (non-hydrogen) atoms. The molecular formula is C20H24F2I2O2S. The molecule has 2 nitrogen and oxygen atoms in total. The molecule has 7 heteroatoms. The number of halogens is 4. The second-order valence-electron chi connectivity index (χ2n) is 6.39. The maximum atomic E-state index is 13.5. The Hall–Kier alpha value is -0.290. The van der Waals surface area contributed by atoms with E-state index in [2.05, 4.69) is 59.0 Å². The lowest BCUT2D eigenvalue weighted by Gasteiger charge is -2.37. The summed E-state index contributed by atoms with van der Waals surface area (Å²) < 4.78 is 40.9. The van der Waals surface area contributed by atoms with Crippen molar-refractivity contribution in [1.29, 1.82) is 0 Å². The van der Waals surface area contributed by atoms with Crippen LogP contribution in [0.25, 0.3) is 0 Å². The van der Waals surface area contributed by atoms with Gasteiger partial charge in [0.2, 0.25) is 0 Å². The van der Waals surface area contributed by atoms with E-state index in [0.717, 1.165) is 41.3 Å². The minimum Gasteiger partial charge on any atom is -0.483 e. The molecule has 0 atom stereocenters. The zero-order valence-corrected chi connectivity index (χ0v) is 21.0. The first kappa shape index (κ1) is 23.0. The highest BCUT2D eigenvalue weighted by Gasteiger charge is 2.24. The molecular weight excluding hydrogens is 596 g/mol. The van der Waals surface area contributed by atoms with Crippen LogP contribution in [-0.4, -0.2) is 23.4 Å². The van der Waals surface area contributed by atoms with Crippen molar-refractivity contribution in [3.05, 3.63) is 54.2 Å². The smallest absolute Gasteiger partial charge is 0.136 e. The molecule has 0 spiro atoms. The number of aryl methyl sites for hydroxylation is 2. The van der Waals surface area contributed by atoms with Crippen LogP contribution in [0.15, 0.2) is 24.3 Å². The van der Waals surface area contributed by atoms with Crippen molar-refractivity contribution in [3.63, 3.8) is 0 Å². The summed E-state index contributed by atoms with van der Waals surface area (Å²) in [6, 6.07) is 5.96. The van der Waals surface area contributed by atoms with Gasteiger partial charge in [-0.15, -0.1) is 0 Å². The van der Waals surface area contributed by atoms with Crippen LogP contribution in [0.5, 0.6) is 11.5 Å². The summed E-state index contributed by atoms with van der Waals surface area (Å²) in [4.78, 5) is 0. The predicted molar refractivity (Wildman–Crippen MR) is 127 cm³/mol. The first-order chi connectivity index (χ1) is 12.7. The molecule has 0 fully saturated rings. The fourth-order valence-electron chi connectivity index (χ4n) is 2.68. The van der Waals surface area contributed by atoms with Crippen LogP contribution >= 0.6 is 55.2 Å². The van der Waals surface area contributed by atoms with Crippen molar-refractivity contribution in [2.24, 2.45) is 0 Å². The minimum atomic E-state index is -1.19. The second-order valence-corrected chi connectivity index (χ2v) is 12.8. The van der Waals surface area contributed by atoms with E-state index in [1.807, 2.05) is 13.8 Å². The number of rotatable bonds is 8. The molecule has 2 rings (SSSR count). The molecule has 0 aromatic heterocycles. The minimum absolute atomic E-state index is 0.251. The fourth-order valence-corrected chi connectivity index (χ4v) is 6.32. The van der Waals surface area contributed by atoms with Crippen LogP contribution < -0.4 is 9.47 Å². The Kier molecular flexibility index (Phi) is 8.48.